The van der Waals surface area contributed by atoms with Crippen molar-refractivity contribution >= 4 is 11.0 Å². The van der Waals surface area contributed by atoms with Gasteiger partial charge in [0.2, 0.25) is 5.82 Å². The molecule has 0 aliphatic heterocycles. The first-order valence-corrected chi connectivity index (χ1v) is 3.11. The van der Waals surface area contributed by atoms with Crippen molar-refractivity contribution in [2.45, 2.75) is 0 Å². The Morgan fingerprint density at radius 3 is 2.55 bits per heavy atom. The van der Waals surface area contributed by atoms with E-state index in [-0.39, 0.29) is 11.0 Å². The lowest BCUT2D eigenvalue weighted by Crippen LogP contribution is -1.70. The van der Waals surface area contributed by atoms with Crippen molar-refractivity contribution in [3.05, 3.63) is 36.1 Å². The van der Waals surface area contributed by atoms with Gasteiger partial charge in [-0.15, -0.1) is 0 Å². The summed E-state index contributed by atoms with van der Waals surface area (Å²) in [6.45, 7) is 0. The van der Waals surface area contributed by atoms with Gasteiger partial charge in [-0.25, -0.2) is 0 Å². The molecule has 2 aromatic rings. The third kappa shape index (κ3) is 0.808. The van der Waals surface area contributed by atoms with E-state index >= 15 is 0 Å². The lowest BCUT2D eigenvalue weighted by molar-refractivity contribution is 0.343. The van der Waals surface area contributed by atoms with Crippen molar-refractivity contribution in [3.63, 3.8) is 0 Å². The zero-order chi connectivity index (χ0) is 7.84. The van der Waals surface area contributed by atoms with Gasteiger partial charge in [0, 0.05) is 0 Å². The van der Waals surface area contributed by atoms with Crippen molar-refractivity contribution in [2.75, 3.05) is 0 Å². The number of furan rings is 1. The third-order valence-electron chi connectivity index (χ3n) is 1.50. The summed E-state index contributed by atoms with van der Waals surface area (Å²) in [6, 6.07) is 5.12. The van der Waals surface area contributed by atoms with E-state index in [4.69, 9.17) is 0 Å². The van der Waals surface area contributed by atoms with Crippen LogP contribution in [0.15, 0.2) is 28.7 Å². The van der Waals surface area contributed by atoms with Gasteiger partial charge in [-0.05, 0) is 12.1 Å². The highest BCUT2D eigenvalue weighted by Gasteiger charge is 2.11. The molecule has 1 aromatic heterocycles. The van der Waals surface area contributed by atoms with Crippen molar-refractivity contribution in [2.24, 2.45) is 0 Å². The fraction of sp³-hybridized carbons (Fsp3) is 0. The Kier molecular flexibility index (Phi) is 1.18. The van der Waals surface area contributed by atoms with Gasteiger partial charge in [0.25, 0.3) is 0 Å². The quantitative estimate of drug-likeness (QED) is 0.568. The van der Waals surface area contributed by atoms with E-state index in [2.05, 4.69) is 4.42 Å². The molecule has 0 aliphatic rings. The second kappa shape index (κ2) is 2.05. The zero-order valence-electron chi connectivity index (χ0n) is 5.47. The molecule has 1 heterocycles. The molecule has 3 heteroatoms. The molecule has 0 fully saturated rings. The van der Waals surface area contributed by atoms with Gasteiger partial charge in [-0.2, -0.15) is 8.78 Å². The summed E-state index contributed by atoms with van der Waals surface area (Å²) in [7, 11) is 0. The molecule has 0 atom stereocenters. The third-order valence-corrected chi connectivity index (χ3v) is 1.50. The van der Waals surface area contributed by atoms with Gasteiger partial charge in [0.05, 0.1) is 5.39 Å². The van der Waals surface area contributed by atoms with Crippen LogP contribution in [0.5, 0.6) is 0 Å². The van der Waals surface area contributed by atoms with E-state index in [0.717, 1.165) is 0 Å². The summed E-state index contributed by atoms with van der Waals surface area (Å²) in [5.41, 5.74) is 0.238. The normalized spacial score (nSPS) is 10.7. The standard InChI is InChI=1S/C8H4F2O/c9-7-5-3-1-2-4-6(5)11-8(7)10/h1-4H. The molecular weight excluding hydrogens is 150 g/mol. The maximum Gasteiger partial charge on any atom is 0.315 e. The van der Waals surface area contributed by atoms with Crippen molar-refractivity contribution < 1.29 is 13.2 Å². The van der Waals surface area contributed by atoms with Gasteiger partial charge >= 0.3 is 6.01 Å². The SMILES string of the molecule is Fc1oc2ccccc2c1F. The summed E-state index contributed by atoms with van der Waals surface area (Å²) < 4.78 is 29.5. The van der Waals surface area contributed by atoms with Crippen LogP contribution in [0.1, 0.15) is 0 Å². The molecule has 2 rings (SSSR count). The van der Waals surface area contributed by atoms with Crippen LogP contribution in [0.4, 0.5) is 8.78 Å². The summed E-state index contributed by atoms with van der Waals surface area (Å²) >= 11 is 0. The van der Waals surface area contributed by atoms with Gasteiger partial charge in [-0.3, -0.25) is 0 Å². The second-order valence-corrected chi connectivity index (χ2v) is 2.19. The second-order valence-electron chi connectivity index (χ2n) is 2.19. The number of rotatable bonds is 0. The monoisotopic (exact) mass is 154 g/mol. The van der Waals surface area contributed by atoms with Crippen molar-refractivity contribution in [1.29, 1.82) is 0 Å². The molecular formula is C8H4F2O. The van der Waals surface area contributed by atoms with Crippen LogP contribution in [-0.4, -0.2) is 0 Å². The van der Waals surface area contributed by atoms with Crippen LogP contribution < -0.4 is 0 Å². The number of hydrogen-bond acceptors (Lipinski definition) is 1. The van der Waals surface area contributed by atoms with Crippen LogP contribution in [-0.2, 0) is 0 Å². The van der Waals surface area contributed by atoms with Crippen molar-refractivity contribution in [1.82, 2.24) is 0 Å². The molecule has 0 aliphatic carbocycles. The molecule has 0 spiro atoms. The van der Waals surface area contributed by atoms with Crippen LogP contribution in [0.3, 0.4) is 0 Å². The van der Waals surface area contributed by atoms with Gasteiger partial charge in [-0.1, -0.05) is 12.1 Å². The van der Waals surface area contributed by atoms with Crippen LogP contribution in [0.2, 0.25) is 0 Å². The first-order chi connectivity index (χ1) is 5.29. The summed E-state index contributed by atoms with van der Waals surface area (Å²) in [5, 5.41) is 0.185. The molecule has 0 saturated carbocycles. The summed E-state index contributed by atoms with van der Waals surface area (Å²) in [6.07, 6.45) is 0. The van der Waals surface area contributed by atoms with Crippen LogP contribution in [0, 0.1) is 11.8 Å². The minimum absolute atomic E-state index is 0.185. The minimum atomic E-state index is -1.15. The van der Waals surface area contributed by atoms with Crippen molar-refractivity contribution in [3.8, 4) is 0 Å². The minimum Gasteiger partial charge on any atom is -0.429 e. The number of fused-ring (bicyclic) bond motifs is 1. The van der Waals surface area contributed by atoms with E-state index in [9.17, 15) is 8.78 Å². The van der Waals surface area contributed by atoms with E-state index in [1.807, 2.05) is 0 Å². The van der Waals surface area contributed by atoms with Crippen LogP contribution in [0.25, 0.3) is 11.0 Å². The Hall–Kier alpha value is -1.38. The Balaban J connectivity index is 2.92. The Labute approximate surface area is 61.2 Å². The van der Waals surface area contributed by atoms with Gasteiger partial charge in [0.1, 0.15) is 5.58 Å². The largest absolute Gasteiger partial charge is 0.429 e. The molecule has 0 N–H and O–H groups in total. The molecule has 56 valence electrons. The highest BCUT2D eigenvalue weighted by atomic mass is 19.2. The molecule has 11 heavy (non-hydrogen) atoms. The number of hydrogen-bond donors (Lipinski definition) is 0. The molecule has 0 unspecified atom stereocenters. The molecule has 0 radical (unpaired) electrons. The summed E-state index contributed by atoms with van der Waals surface area (Å²) in [5.74, 6) is -0.916. The van der Waals surface area contributed by atoms with E-state index in [0.29, 0.717) is 0 Å². The maximum absolute atomic E-state index is 12.7. The molecule has 1 nitrogen and oxygen atoms in total. The predicted molar refractivity (Wildman–Crippen MR) is 36.1 cm³/mol. The number of halogens is 2. The van der Waals surface area contributed by atoms with E-state index < -0.39 is 11.8 Å². The van der Waals surface area contributed by atoms with E-state index in [1.54, 1.807) is 12.1 Å². The number of para-hydroxylation sites is 1. The molecule has 0 bridgehead atoms. The lowest BCUT2D eigenvalue weighted by atomic mass is 10.2. The maximum atomic E-state index is 12.7. The lowest BCUT2D eigenvalue weighted by Gasteiger charge is -1.82. The zero-order valence-corrected chi connectivity index (χ0v) is 5.47. The fourth-order valence-corrected chi connectivity index (χ4v) is 0.984. The predicted octanol–water partition coefficient (Wildman–Crippen LogP) is 2.71. The fourth-order valence-electron chi connectivity index (χ4n) is 0.984. The average Bonchev–Trinajstić information content (AvgIpc) is 2.30. The highest BCUT2D eigenvalue weighted by Crippen LogP contribution is 2.22. The van der Waals surface area contributed by atoms with Gasteiger partial charge < -0.3 is 4.42 Å². The van der Waals surface area contributed by atoms with Gasteiger partial charge in [0.15, 0.2) is 0 Å². The Morgan fingerprint density at radius 1 is 1.09 bits per heavy atom. The molecule has 0 amide bonds. The topological polar surface area (TPSA) is 13.1 Å². The Morgan fingerprint density at radius 2 is 1.82 bits per heavy atom. The highest BCUT2D eigenvalue weighted by molar-refractivity contribution is 5.77. The Bertz CT molecular complexity index is 392. The summed E-state index contributed by atoms with van der Waals surface area (Å²) in [4.78, 5) is 0. The van der Waals surface area contributed by atoms with E-state index in [1.165, 1.54) is 12.1 Å². The molecule has 0 saturated heterocycles. The first kappa shape index (κ1) is 6.34. The first-order valence-electron chi connectivity index (χ1n) is 3.11. The smallest absolute Gasteiger partial charge is 0.315 e. The average molecular weight is 154 g/mol. The molecule has 1 aromatic carbocycles. The number of benzene rings is 1. The van der Waals surface area contributed by atoms with Crippen LogP contribution >= 0.6 is 0 Å².